The Morgan fingerprint density at radius 2 is 2.06 bits per heavy atom. The number of halogens is 1. The highest BCUT2D eigenvalue weighted by molar-refractivity contribution is 7.92. The van der Waals surface area contributed by atoms with E-state index in [4.69, 9.17) is 5.11 Å². The highest BCUT2D eigenvalue weighted by atomic mass is 32.2. The van der Waals surface area contributed by atoms with Crippen LogP contribution in [-0.2, 0) is 20.4 Å². The average Bonchev–Trinajstić information content (AvgIpc) is 2.22. The third-order valence-corrected chi connectivity index (χ3v) is 4.86. The van der Waals surface area contributed by atoms with Crippen LogP contribution >= 0.6 is 0 Å². The summed E-state index contributed by atoms with van der Waals surface area (Å²) in [7, 11) is -3.83. The minimum Gasteiger partial charge on any atom is -0.480 e. The SMILES string of the molecule is CCC(C(=O)O)S(=O)(=O)Cc1cc(F)ccc1C. The van der Waals surface area contributed by atoms with Gasteiger partial charge in [-0.3, -0.25) is 4.79 Å². The third-order valence-electron chi connectivity index (χ3n) is 2.75. The first-order valence-electron chi connectivity index (χ1n) is 5.47. The van der Waals surface area contributed by atoms with Crippen molar-refractivity contribution in [3.05, 3.63) is 35.1 Å². The first kappa shape index (κ1) is 14.6. The fourth-order valence-electron chi connectivity index (χ4n) is 1.70. The van der Waals surface area contributed by atoms with Crippen molar-refractivity contribution in [2.45, 2.75) is 31.3 Å². The van der Waals surface area contributed by atoms with E-state index in [1.807, 2.05) is 0 Å². The molecule has 1 aromatic carbocycles. The number of hydrogen-bond donors (Lipinski definition) is 1. The summed E-state index contributed by atoms with van der Waals surface area (Å²) in [5.74, 6) is -2.36. The van der Waals surface area contributed by atoms with Gasteiger partial charge in [0.1, 0.15) is 5.82 Å². The molecule has 1 aromatic rings. The van der Waals surface area contributed by atoms with Crippen molar-refractivity contribution in [3.8, 4) is 0 Å². The van der Waals surface area contributed by atoms with E-state index in [-0.39, 0.29) is 6.42 Å². The maximum atomic E-state index is 13.1. The van der Waals surface area contributed by atoms with E-state index in [9.17, 15) is 17.6 Å². The molecule has 18 heavy (non-hydrogen) atoms. The van der Waals surface area contributed by atoms with Crippen LogP contribution in [0.1, 0.15) is 24.5 Å². The summed E-state index contributed by atoms with van der Waals surface area (Å²) in [5, 5.41) is 7.41. The average molecular weight is 274 g/mol. The summed E-state index contributed by atoms with van der Waals surface area (Å²) in [6.45, 7) is 3.15. The zero-order valence-electron chi connectivity index (χ0n) is 10.2. The number of sulfone groups is 1. The Hall–Kier alpha value is -1.43. The first-order chi connectivity index (χ1) is 8.27. The number of carboxylic acid groups (broad SMARTS) is 1. The Labute approximate surface area is 105 Å². The largest absolute Gasteiger partial charge is 0.480 e. The summed E-state index contributed by atoms with van der Waals surface area (Å²) in [4.78, 5) is 10.9. The molecule has 0 aromatic heterocycles. The molecule has 1 unspecified atom stereocenters. The molecule has 0 fully saturated rings. The number of aliphatic carboxylic acids is 1. The summed E-state index contributed by atoms with van der Waals surface area (Å²) in [6.07, 6.45) is -0.00791. The van der Waals surface area contributed by atoms with Gasteiger partial charge in [0.2, 0.25) is 0 Å². The minimum absolute atomic E-state index is 0.00791. The lowest BCUT2D eigenvalue weighted by atomic mass is 10.1. The van der Waals surface area contributed by atoms with E-state index >= 15 is 0 Å². The van der Waals surface area contributed by atoms with Crippen LogP contribution in [0, 0.1) is 12.7 Å². The maximum absolute atomic E-state index is 13.1. The Bertz CT molecular complexity index is 551. The second-order valence-electron chi connectivity index (χ2n) is 4.11. The van der Waals surface area contributed by atoms with E-state index in [0.29, 0.717) is 11.1 Å². The molecule has 4 nitrogen and oxygen atoms in total. The van der Waals surface area contributed by atoms with Crippen LogP contribution in [0.25, 0.3) is 0 Å². The van der Waals surface area contributed by atoms with Gasteiger partial charge in [0.05, 0.1) is 5.75 Å². The monoisotopic (exact) mass is 274 g/mol. The topological polar surface area (TPSA) is 71.4 Å². The molecule has 6 heteroatoms. The number of carboxylic acids is 1. The predicted octanol–water partition coefficient (Wildman–Crippen LogP) is 1.91. The summed E-state index contributed by atoms with van der Waals surface area (Å²) in [6, 6.07) is 3.84. The van der Waals surface area contributed by atoms with E-state index in [2.05, 4.69) is 0 Å². The number of benzene rings is 1. The first-order valence-corrected chi connectivity index (χ1v) is 7.19. The van der Waals surface area contributed by atoms with Crippen molar-refractivity contribution >= 4 is 15.8 Å². The molecular formula is C12H15FO4S. The Balaban J connectivity index is 3.09. The molecule has 0 radical (unpaired) electrons. The predicted molar refractivity (Wildman–Crippen MR) is 65.5 cm³/mol. The summed E-state index contributed by atoms with van der Waals surface area (Å²) >= 11 is 0. The third kappa shape index (κ3) is 3.29. The molecule has 1 rings (SSSR count). The van der Waals surface area contributed by atoms with Crippen LogP contribution in [0.3, 0.4) is 0 Å². The Morgan fingerprint density at radius 1 is 1.44 bits per heavy atom. The normalized spacial score (nSPS) is 13.3. The smallest absolute Gasteiger partial charge is 0.321 e. The quantitative estimate of drug-likeness (QED) is 0.890. The van der Waals surface area contributed by atoms with Crippen molar-refractivity contribution in [2.75, 3.05) is 0 Å². The number of carbonyl (C=O) groups is 1. The molecule has 1 atom stereocenters. The van der Waals surface area contributed by atoms with Crippen molar-refractivity contribution < 1.29 is 22.7 Å². The van der Waals surface area contributed by atoms with Crippen molar-refractivity contribution in [2.24, 2.45) is 0 Å². The number of rotatable bonds is 5. The van der Waals surface area contributed by atoms with Crippen molar-refractivity contribution in [3.63, 3.8) is 0 Å². The standard InChI is InChI=1S/C12H15FO4S/c1-3-11(12(14)15)18(16,17)7-9-6-10(13)5-4-8(9)2/h4-6,11H,3,7H2,1-2H3,(H,14,15). The zero-order valence-corrected chi connectivity index (χ0v) is 11.0. The number of hydrogen-bond acceptors (Lipinski definition) is 3. The minimum atomic E-state index is -3.83. The van der Waals surface area contributed by atoms with Gasteiger partial charge in [0, 0.05) is 0 Å². The lowest BCUT2D eigenvalue weighted by molar-refractivity contribution is -0.136. The van der Waals surface area contributed by atoms with E-state index < -0.39 is 32.6 Å². The summed E-state index contributed by atoms with van der Waals surface area (Å²) in [5.41, 5.74) is 0.926. The van der Waals surface area contributed by atoms with E-state index in [0.717, 1.165) is 6.07 Å². The van der Waals surface area contributed by atoms with Gasteiger partial charge in [-0.15, -0.1) is 0 Å². The molecule has 0 bridgehead atoms. The van der Waals surface area contributed by atoms with Gasteiger partial charge in [-0.05, 0) is 36.6 Å². The van der Waals surface area contributed by atoms with E-state index in [1.165, 1.54) is 19.1 Å². The Morgan fingerprint density at radius 3 is 2.56 bits per heavy atom. The Kier molecular flexibility index (Phi) is 4.45. The molecule has 0 aliphatic heterocycles. The lowest BCUT2D eigenvalue weighted by Gasteiger charge is -2.12. The van der Waals surface area contributed by atoms with E-state index in [1.54, 1.807) is 6.92 Å². The molecule has 1 N–H and O–H groups in total. The second kappa shape index (κ2) is 5.48. The van der Waals surface area contributed by atoms with Crippen LogP contribution < -0.4 is 0 Å². The molecule has 0 aliphatic carbocycles. The van der Waals surface area contributed by atoms with Crippen LogP contribution in [-0.4, -0.2) is 24.7 Å². The molecule has 0 spiro atoms. The van der Waals surface area contributed by atoms with Gasteiger partial charge in [0.25, 0.3) is 0 Å². The molecule has 0 amide bonds. The van der Waals surface area contributed by atoms with Crippen molar-refractivity contribution in [1.29, 1.82) is 0 Å². The lowest BCUT2D eigenvalue weighted by Crippen LogP contribution is -2.30. The molecule has 0 aliphatic rings. The van der Waals surface area contributed by atoms with Gasteiger partial charge in [0.15, 0.2) is 15.1 Å². The van der Waals surface area contributed by atoms with Crippen LogP contribution in [0.2, 0.25) is 0 Å². The molecular weight excluding hydrogens is 259 g/mol. The van der Waals surface area contributed by atoms with Gasteiger partial charge < -0.3 is 5.11 Å². The second-order valence-corrected chi connectivity index (χ2v) is 6.30. The molecule has 100 valence electrons. The van der Waals surface area contributed by atoms with Crippen molar-refractivity contribution in [1.82, 2.24) is 0 Å². The van der Waals surface area contributed by atoms with Gasteiger partial charge in [-0.25, -0.2) is 12.8 Å². The highest BCUT2D eigenvalue weighted by Crippen LogP contribution is 2.18. The van der Waals surface area contributed by atoms with Gasteiger partial charge >= 0.3 is 5.97 Å². The fraction of sp³-hybridized carbons (Fsp3) is 0.417. The maximum Gasteiger partial charge on any atom is 0.321 e. The zero-order chi connectivity index (χ0) is 13.9. The fourth-order valence-corrected chi connectivity index (χ4v) is 3.46. The highest BCUT2D eigenvalue weighted by Gasteiger charge is 2.31. The van der Waals surface area contributed by atoms with Gasteiger partial charge in [-0.2, -0.15) is 0 Å². The van der Waals surface area contributed by atoms with Crippen LogP contribution in [0.15, 0.2) is 18.2 Å². The molecule has 0 saturated heterocycles. The van der Waals surface area contributed by atoms with Crippen LogP contribution in [0.5, 0.6) is 0 Å². The van der Waals surface area contributed by atoms with Crippen LogP contribution in [0.4, 0.5) is 4.39 Å². The summed E-state index contributed by atoms with van der Waals surface area (Å²) < 4.78 is 36.9. The molecule has 0 saturated carbocycles. The number of aryl methyl sites for hydroxylation is 1. The molecule has 0 heterocycles. The van der Waals surface area contributed by atoms with Gasteiger partial charge in [-0.1, -0.05) is 13.0 Å².